The van der Waals surface area contributed by atoms with E-state index in [4.69, 9.17) is 9.31 Å². The molecular formula is C15H15BO2. The third-order valence-corrected chi connectivity index (χ3v) is 3.15. The Kier molecular flexibility index (Phi) is 2.39. The van der Waals surface area contributed by atoms with Crippen molar-refractivity contribution in [3.8, 4) is 11.5 Å². The first kappa shape index (κ1) is 11.2. The normalized spacial score (nSPS) is 16.4. The van der Waals surface area contributed by atoms with Crippen molar-refractivity contribution in [2.24, 2.45) is 0 Å². The van der Waals surface area contributed by atoms with Gasteiger partial charge in [-0.25, -0.2) is 0 Å². The summed E-state index contributed by atoms with van der Waals surface area (Å²) in [5, 5.41) is 0. The number of fused-ring (bicyclic) bond motifs is 1. The van der Waals surface area contributed by atoms with Gasteiger partial charge in [-0.2, -0.15) is 0 Å². The largest absolute Gasteiger partial charge is 0.641 e. The molecule has 0 unspecified atom stereocenters. The molecule has 1 aliphatic carbocycles. The lowest BCUT2D eigenvalue weighted by atomic mass is 9.80. The van der Waals surface area contributed by atoms with Crippen LogP contribution in [0.3, 0.4) is 0 Å². The summed E-state index contributed by atoms with van der Waals surface area (Å²) in [6, 6.07) is 6.15. The quantitative estimate of drug-likeness (QED) is 0.551. The summed E-state index contributed by atoms with van der Waals surface area (Å²) >= 11 is 0. The maximum atomic E-state index is 5.83. The van der Waals surface area contributed by atoms with Crippen molar-refractivity contribution in [2.45, 2.75) is 26.2 Å². The number of hydrogen-bond acceptors (Lipinski definition) is 2. The molecule has 2 aliphatic rings. The maximum Gasteiger partial charge on any atom is 0.641 e. The predicted molar refractivity (Wildman–Crippen MR) is 72.9 cm³/mol. The number of benzene rings is 1. The minimum Gasteiger partial charge on any atom is -0.519 e. The SMILES string of the molecule is CC(C)(C)c1ccc2c(c1)OB(C1=C=CC=C1)O2. The molecule has 0 aromatic heterocycles. The first-order valence-electron chi connectivity index (χ1n) is 6.15. The molecule has 3 rings (SSSR count). The molecule has 1 aromatic rings. The molecule has 1 heterocycles. The lowest BCUT2D eigenvalue weighted by molar-refractivity contribution is 0.513. The Labute approximate surface area is 108 Å². The molecule has 3 heteroatoms. The van der Waals surface area contributed by atoms with Gasteiger partial charge in [-0.05, 0) is 29.2 Å². The number of rotatable bonds is 1. The average molecular weight is 238 g/mol. The lowest BCUT2D eigenvalue weighted by Crippen LogP contribution is -2.26. The summed E-state index contributed by atoms with van der Waals surface area (Å²) in [6.45, 7) is 6.56. The minimum atomic E-state index is -0.356. The van der Waals surface area contributed by atoms with Gasteiger partial charge in [-0.1, -0.05) is 39.0 Å². The molecule has 1 aromatic carbocycles. The van der Waals surface area contributed by atoms with Gasteiger partial charge in [-0.3, -0.25) is 0 Å². The monoisotopic (exact) mass is 238 g/mol. The molecule has 18 heavy (non-hydrogen) atoms. The van der Waals surface area contributed by atoms with Crippen LogP contribution in [0.25, 0.3) is 0 Å². The van der Waals surface area contributed by atoms with Crippen molar-refractivity contribution in [1.29, 1.82) is 0 Å². The van der Waals surface area contributed by atoms with E-state index in [0.717, 1.165) is 17.0 Å². The van der Waals surface area contributed by atoms with Crippen molar-refractivity contribution in [3.05, 3.63) is 53.2 Å². The lowest BCUT2D eigenvalue weighted by Gasteiger charge is -2.19. The van der Waals surface area contributed by atoms with Gasteiger partial charge >= 0.3 is 7.12 Å². The summed E-state index contributed by atoms with van der Waals surface area (Å²) < 4.78 is 11.6. The van der Waals surface area contributed by atoms with E-state index in [2.05, 4.69) is 38.6 Å². The second-order valence-electron chi connectivity index (χ2n) is 5.60. The van der Waals surface area contributed by atoms with Gasteiger partial charge in [0.15, 0.2) is 0 Å². The van der Waals surface area contributed by atoms with Crippen LogP contribution in [0.1, 0.15) is 26.3 Å². The molecule has 90 valence electrons. The van der Waals surface area contributed by atoms with Crippen molar-refractivity contribution in [1.82, 2.24) is 0 Å². The van der Waals surface area contributed by atoms with E-state index in [1.165, 1.54) is 5.56 Å². The molecule has 0 fully saturated rings. The van der Waals surface area contributed by atoms with E-state index in [1.807, 2.05) is 24.3 Å². The van der Waals surface area contributed by atoms with Gasteiger partial charge < -0.3 is 9.31 Å². The highest BCUT2D eigenvalue weighted by molar-refractivity contribution is 6.57. The van der Waals surface area contributed by atoms with Gasteiger partial charge in [0.1, 0.15) is 11.5 Å². The molecule has 2 nitrogen and oxygen atoms in total. The van der Waals surface area contributed by atoms with E-state index in [1.54, 1.807) is 0 Å². The van der Waals surface area contributed by atoms with E-state index in [0.29, 0.717) is 0 Å². The summed E-state index contributed by atoms with van der Waals surface area (Å²) in [6.07, 6.45) is 5.76. The van der Waals surface area contributed by atoms with Crippen molar-refractivity contribution in [3.63, 3.8) is 0 Å². The smallest absolute Gasteiger partial charge is 0.519 e. The highest BCUT2D eigenvalue weighted by Crippen LogP contribution is 2.38. The van der Waals surface area contributed by atoms with Crippen LogP contribution in [0.2, 0.25) is 0 Å². The fraction of sp³-hybridized carbons (Fsp3) is 0.267. The standard InChI is InChI=1S/C15H15BO2/c1-15(2,3)11-8-9-13-14(10-11)18-16(17-13)12-6-4-5-7-12/h4-6,8-10H,1-3H3. The van der Waals surface area contributed by atoms with Crippen molar-refractivity contribution >= 4 is 7.12 Å². The molecule has 0 amide bonds. The fourth-order valence-electron chi connectivity index (χ4n) is 2.04. The van der Waals surface area contributed by atoms with Gasteiger partial charge in [0, 0.05) is 0 Å². The van der Waals surface area contributed by atoms with Crippen LogP contribution in [-0.4, -0.2) is 7.12 Å². The van der Waals surface area contributed by atoms with E-state index < -0.39 is 0 Å². The Morgan fingerprint density at radius 3 is 2.56 bits per heavy atom. The Bertz CT molecular complexity index is 587. The zero-order valence-electron chi connectivity index (χ0n) is 10.9. The third kappa shape index (κ3) is 1.87. The first-order valence-corrected chi connectivity index (χ1v) is 6.15. The minimum absolute atomic E-state index is 0.114. The van der Waals surface area contributed by atoms with Crippen LogP contribution in [0.4, 0.5) is 0 Å². The Morgan fingerprint density at radius 1 is 1.11 bits per heavy atom. The van der Waals surface area contributed by atoms with Crippen LogP contribution < -0.4 is 9.31 Å². The van der Waals surface area contributed by atoms with E-state index >= 15 is 0 Å². The van der Waals surface area contributed by atoms with Gasteiger partial charge in [0.05, 0.1) is 5.47 Å². The van der Waals surface area contributed by atoms with Crippen molar-refractivity contribution < 1.29 is 9.31 Å². The second kappa shape index (κ2) is 3.83. The molecular weight excluding hydrogens is 223 g/mol. The summed E-state index contributed by atoms with van der Waals surface area (Å²) in [4.78, 5) is 0. The highest BCUT2D eigenvalue weighted by Gasteiger charge is 2.36. The Morgan fingerprint density at radius 2 is 1.89 bits per heavy atom. The molecule has 0 radical (unpaired) electrons. The zero-order valence-corrected chi connectivity index (χ0v) is 10.9. The van der Waals surface area contributed by atoms with Gasteiger partial charge in [0.25, 0.3) is 0 Å². The average Bonchev–Trinajstić information content (AvgIpc) is 2.95. The molecule has 0 N–H and O–H groups in total. The Balaban J connectivity index is 1.90. The highest BCUT2D eigenvalue weighted by atomic mass is 16.6. The molecule has 0 saturated carbocycles. The molecule has 0 saturated heterocycles. The fourth-order valence-corrected chi connectivity index (χ4v) is 2.04. The van der Waals surface area contributed by atoms with Crippen LogP contribution in [-0.2, 0) is 5.41 Å². The summed E-state index contributed by atoms with van der Waals surface area (Å²) in [5.74, 6) is 1.63. The van der Waals surface area contributed by atoms with Gasteiger partial charge in [-0.15, -0.1) is 5.73 Å². The third-order valence-electron chi connectivity index (χ3n) is 3.15. The topological polar surface area (TPSA) is 18.5 Å². The van der Waals surface area contributed by atoms with Gasteiger partial charge in [0.2, 0.25) is 0 Å². The van der Waals surface area contributed by atoms with Crippen LogP contribution in [0.15, 0.2) is 47.6 Å². The second-order valence-corrected chi connectivity index (χ2v) is 5.60. The predicted octanol–water partition coefficient (Wildman–Crippen LogP) is 3.43. The maximum absolute atomic E-state index is 5.83. The molecule has 1 aliphatic heterocycles. The van der Waals surface area contributed by atoms with Crippen LogP contribution >= 0.6 is 0 Å². The number of hydrogen-bond donors (Lipinski definition) is 0. The van der Waals surface area contributed by atoms with Crippen LogP contribution in [0, 0.1) is 0 Å². The molecule has 0 spiro atoms. The summed E-state index contributed by atoms with van der Waals surface area (Å²) in [5.41, 5.74) is 5.40. The zero-order chi connectivity index (χ0) is 12.8. The van der Waals surface area contributed by atoms with Crippen LogP contribution in [0.5, 0.6) is 11.5 Å². The Hall–Kier alpha value is -1.86. The first-order chi connectivity index (χ1) is 8.54. The van der Waals surface area contributed by atoms with E-state index in [-0.39, 0.29) is 12.5 Å². The number of allylic oxidation sites excluding steroid dienone is 3. The molecule has 0 bridgehead atoms. The summed E-state index contributed by atoms with van der Waals surface area (Å²) in [7, 11) is -0.356. The van der Waals surface area contributed by atoms with E-state index in [9.17, 15) is 0 Å². The van der Waals surface area contributed by atoms with Crippen molar-refractivity contribution in [2.75, 3.05) is 0 Å². The molecule has 0 atom stereocenters.